The topological polar surface area (TPSA) is 90.3 Å². The number of nitrogens with zero attached hydrogens (tertiary/aromatic N) is 2. The molecule has 2 rings (SSSR count). The molecule has 1 heterocycles. The summed E-state index contributed by atoms with van der Waals surface area (Å²) in [6, 6.07) is 8.88. The Kier molecular flexibility index (Phi) is 3.29. The van der Waals surface area contributed by atoms with Crippen molar-refractivity contribution in [2.24, 2.45) is 0 Å². The molecule has 0 saturated heterocycles. The lowest BCUT2D eigenvalue weighted by molar-refractivity contribution is -0.705. The van der Waals surface area contributed by atoms with Crippen molar-refractivity contribution in [1.82, 2.24) is 5.27 Å². The number of aliphatic carboxylic acids is 1. The fourth-order valence-corrected chi connectivity index (χ4v) is 1.90. The van der Waals surface area contributed by atoms with E-state index in [1.807, 2.05) is 6.07 Å². The predicted octanol–water partition coefficient (Wildman–Crippen LogP) is 0.202. The van der Waals surface area contributed by atoms with Crippen LogP contribution in [0.25, 0.3) is 5.69 Å². The fraction of sp³-hybridized carbons (Fsp3) is 0.100. The lowest BCUT2D eigenvalue weighted by atomic mass is 10.3. The summed E-state index contributed by atoms with van der Waals surface area (Å²) in [5.41, 5.74) is 0.645. The number of benzene rings is 1. The Bertz CT molecular complexity index is 526. The number of carboxylic acids is 1. The van der Waals surface area contributed by atoms with E-state index >= 15 is 0 Å². The van der Waals surface area contributed by atoms with Crippen LogP contribution in [0.15, 0.2) is 39.9 Å². The molecular formula is C10H8N2O4S. The van der Waals surface area contributed by atoms with Crippen LogP contribution in [0.2, 0.25) is 0 Å². The molecule has 0 bridgehead atoms. The molecule has 1 aromatic heterocycles. The molecule has 6 nitrogen and oxygen atoms in total. The molecule has 0 saturated carbocycles. The highest BCUT2D eigenvalue weighted by atomic mass is 32.2. The maximum absolute atomic E-state index is 11.4. The van der Waals surface area contributed by atoms with Gasteiger partial charge in [-0.05, 0) is 16.4 Å². The third-order valence-electron chi connectivity index (χ3n) is 1.91. The van der Waals surface area contributed by atoms with Gasteiger partial charge in [-0.3, -0.25) is 4.79 Å². The van der Waals surface area contributed by atoms with Gasteiger partial charge >= 0.3 is 5.97 Å². The minimum atomic E-state index is -1.00. The average Bonchev–Trinajstić information content (AvgIpc) is 2.69. The molecule has 2 aromatic rings. The van der Waals surface area contributed by atoms with E-state index in [1.165, 1.54) is 4.68 Å². The van der Waals surface area contributed by atoms with E-state index in [4.69, 9.17) is 5.11 Å². The number of aromatic nitrogens is 2. The zero-order valence-electron chi connectivity index (χ0n) is 8.57. The first kappa shape index (κ1) is 11.5. The Morgan fingerprint density at radius 2 is 2.18 bits per heavy atom. The van der Waals surface area contributed by atoms with Crippen molar-refractivity contribution in [3.8, 4) is 11.6 Å². The molecule has 0 aliphatic heterocycles. The van der Waals surface area contributed by atoms with E-state index in [-0.39, 0.29) is 10.8 Å². The highest BCUT2D eigenvalue weighted by Gasteiger charge is 2.21. The van der Waals surface area contributed by atoms with E-state index in [9.17, 15) is 9.90 Å². The van der Waals surface area contributed by atoms with Crippen LogP contribution < -0.4 is 9.79 Å². The van der Waals surface area contributed by atoms with E-state index in [0.29, 0.717) is 5.69 Å². The molecule has 1 N–H and O–H groups in total. The molecule has 0 fully saturated rings. The summed E-state index contributed by atoms with van der Waals surface area (Å²) in [4.78, 5) is 10.5. The second kappa shape index (κ2) is 4.88. The monoisotopic (exact) mass is 252 g/mol. The smallest absolute Gasteiger partial charge is 0.314 e. The van der Waals surface area contributed by atoms with Gasteiger partial charge in [-0.2, -0.15) is 0 Å². The summed E-state index contributed by atoms with van der Waals surface area (Å²) in [5, 5.41) is 23.7. The standard InChI is InChI=1S/C10H8N2O4S/c13-8(14)6-17-9-10(15)16-11-12(9)7-4-2-1-3-5-7/h1-5H,6H2,(H-,11,13,14,15). The SMILES string of the molecule is O=C(O)CSc1c([O-])on[n+]1-c1ccccc1. The first-order chi connectivity index (χ1) is 8.18. The molecule has 0 amide bonds. The zero-order chi connectivity index (χ0) is 12.3. The van der Waals surface area contributed by atoms with E-state index < -0.39 is 11.9 Å². The molecule has 0 spiro atoms. The van der Waals surface area contributed by atoms with Crippen molar-refractivity contribution < 1.29 is 24.2 Å². The second-order valence-corrected chi connectivity index (χ2v) is 4.06. The number of carbonyl (C=O) groups is 1. The minimum absolute atomic E-state index is 0.151. The predicted molar refractivity (Wildman–Crippen MR) is 55.8 cm³/mol. The van der Waals surface area contributed by atoms with Crippen molar-refractivity contribution in [3.05, 3.63) is 30.3 Å². The van der Waals surface area contributed by atoms with Gasteiger partial charge in [0.25, 0.3) is 5.03 Å². The van der Waals surface area contributed by atoms with Crippen LogP contribution in [0.3, 0.4) is 0 Å². The van der Waals surface area contributed by atoms with Crippen LogP contribution in [0.5, 0.6) is 5.95 Å². The molecule has 1 aromatic carbocycles. The van der Waals surface area contributed by atoms with Gasteiger partial charge in [0.1, 0.15) is 5.75 Å². The molecule has 17 heavy (non-hydrogen) atoms. The van der Waals surface area contributed by atoms with Crippen molar-refractivity contribution in [3.63, 3.8) is 0 Å². The van der Waals surface area contributed by atoms with Gasteiger partial charge in [-0.25, -0.2) is 0 Å². The van der Waals surface area contributed by atoms with E-state index in [0.717, 1.165) is 11.8 Å². The van der Waals surface area contributed by atoms with Crippen molar-refractivity contribution >= 4 is 17.7 Å². The Balaban J connectivity index is 2.32. The summed E-state index contributed by atoms with van der Waals surface area (Å²) in [5.74, 6) is -1.86. The Hall–Kier alpha value is -2.02. The normalized spacial score (nSPS) is 10.4. The molecule has 88 valence electrons. The molecular weight excluding hydrogens is 244 g/mol. The molecule has 0 atom stereocenters. The largest absolute Gasteiger partial charge is 0.538 e. The maximum Gasteiger partial charge on any atom is 0.314 e. The summed E-state index contributed by atoms with van der Waals surface area (Å²) in [7, 11) is 0. The highest BCUT2D eigenvalue weighted by molar-refractivity contribution is 7.99. The Morgan fingerprint density at radius 1 is 1.47 bits per heavy atom. The average molecular weight is 252 g/mol. The number of hydrogen-bond donors (Lipinski definition) is 1. The third-order valence-corrected chi connectivity index (χ3v) is 2.91. The van der Waals surface area contributed by atoms with Crippen LogP contribution >= 0.6 is 11.8 Å². The quantitative estimate of drug-likeness (QED) is 0.617. The highest BCUT2D eigenvalue weighted by Crippen LogP contribution is 2.22. The molecule has 0 aliphatic carbocycles. The fourth-order valence-electron chi connectivity index (χ4n) is 1.22. The van der Waals surface area contributed by atoms with Gasteiger partial charge in [0.2, 0.25) is 5.69 Å². The van der Waals surface area contributed by atoms with Gasteiger partial charge in [-0.15, -0.1) is 0 Å². The third kappa shape index (κ3) is 2.56. The molecule has 0 radical (unpaired) electrons. The number of thioether (sulfide) groups is 1. The van der Waals surface area contributed by atoms with E-state index in [2.05, 4.69) is 9.79 Å². The summed E-state index contributed by atoms with van der Waals surface area (Å²) >= 11 is 0.878. The van der Waals surface area contributed by atoms with Crippen molar-refractivity contribution in [2.75, 3.05) is 5.75 Å². The van der Waals surface area contributed by atoms with Gasteiger partial charge in [0.15, 0.2) is 5.95 Å². The molecule has 0 aliphatic rings. The lowest BCUT2D eigenvalue weighted by Crippen LogP contribution is -2.34. The number of rotatable bonds is 4. The second-order valence-electron chi connectivity index (χ2n) is 3.10. The van der Waals surface area contributed by atoms with Gasteiger partial charge in [0.05, 0.1) is 5.27 Å². The lowest BCUT2D eigenvalue weighted by Gasteiger charge is -1.95. The van der Waals surface area contributed by atoms with Gasteiger partial charge < -0.3 is 14.7 Å². The molecule has 0 unspecified atom stereocenters. The van der Waals surface area contributed by atoms with Gasteiger partial charge in [0, 0.05) is 12.1 Å². The van der Waals surface area contributed by atoms with Crippen LogP contribution in [0.4, 0.5) is 0 Å². The zero-order valence-corrected chi connectivity index (χ0v) is 9.38. The van der Waals surface area contributed by atoms with Crippen LogP contribution in [0, 0.1) is 0 Å². The Morgan fingerprint density at radius 3 is 2.82 bits per heavy atom. The van der Waals surface area contributed by atoms with Crippen molar-refractivity contribution in [2.45, 2.75) is 5.03 Å². The van der Waals surface area contributed by atoms with Crippen LogP contribution in [0.1, 0.15) is 0 Å². The molecule has 7 heteroatoms. The summed E-state index contributed by atoms with van der Waals surface area (Å²) in [6.07, 6.45) is 0. The first-order valence-electron chi connectivity index (χ1n) is 4.67. The van der Waals surface area contributed by atoms with E-state index in [1.54, 1.807) is 24.3 Å². The van der Waals surface area contributed by atoms with Crippen LogP contribution in [-0.2, 0) is 4.79 Å². The Labute approximate surface area is 100 Å². The number of para-hydroxylation sites is 1. The first-order valence-corrected chi connectivity index (χ1v) is 5.66. The van der Waals surface area contributed by atoms with Crippen LogP contribution in [-0.4, -0.2) is 22.1 Å². The minimum Gasteiger partial charge on any atom is -0.538 e. The van der Waals surface area contributed by atoms with Gasteiger partial charge in [-0.1, -0.05) is 18.2 Å². The number of carboxylic acid groups (broad SMARTS) is 1. The maximum atomic E-state index is 11.4. The van der Waals surface area contributed by atoms with Crippen molar-refractivity contribution in [1.29, 1.82) is 0 Å². The summed E-state index contributed by atoms with van der Waals surface area (Å²) < 4.78 is 5.81. The summed E-state index contributed by atoms with van der Waals surface area (Å²) in [6.45, 7) is 0. The number of hydrogen-bond acceptors (Lipinski definition) is 5.